The molecule has 0 spiro atoms. The molecule has 3 heteroatoms. The average Bonchev–Trinajstić information content (AvgIpc) is 2.89. The lowest BCUT2D eigenvalue weighted by Gasteiger charge is -2.30. The van der Waals surface area contributed by atoms with Crippen LogP contribution in [0.2, 0.25) is 0 Å². The predicted molar refractivity (Wildman–Crippen MR) is 116 cm³/mol. The number of phenolic OH excluding ortho intramolecular Hbond substituents is 1. The zero-order valence-corrected chi connectivity index (χ0v) is 18.6. The molecule has 1 aliphatic rings. The molecule has 1 aliphatic heterocycles. The summed E-state index contributed by atoms with van der Waals surface area (Å²) in [6.07, 6.45) is -0.296. The van der Waals surface area contributed by atoms with Crippen LogP contribution in [-0.2, 0) is 15.6 Å². The highest BCUT2D eigenvalue weighted by molar-refractivity contribution is 5.50. The summed E-state index contributed by atoms with van der Waals surface area (Å²) in [6.45, 7) is 15.3. The molecule has 3 atom stereocenters. The van der Waals surface area contributed by atoms with Gasteiger partial charge in [-0.05, 0) is 47.6 Å². The van der Waals surface area contributed by atoms with Crippen molar-refractivity contribution in [3.8, 4) is 5.75 Å². The van der Waals surface area contributed by atoms with Gasteiger partial charge in [-0.15, -0.1) is 0 Å². The van der Waals surface area contributed by atoms with Gasteiger partial charge in [0.1, 0.15) is 18.1 Å². The average molecular weight is 382 g/mol. The van der Waals surface area contributed by atoms with Gasteiger partial charge in [0.25, 0.3) is 0 Å². The highest BCUT2D eigenvalue weighted by Gasteiger charge is 2.41. The van der Waals surface area contributed by atoms with Gasteiger partial charge in [-0.1, -0.05) is 77.9 Å². The Morgan fingerprint density at radius 1 is 0.929 bits per heavy atom. The molecule has 28 heavy (non-hydrogen) atoms. The van der Waals surface area contributed by atoms with Crippen LogP contribution in [-0.4, -0.2) is 23.1 Å². The Bertz CT molecular complexity index is 830. The maximum Gasteiger partial charge on any atom is 0.141 e. The van der Waals surface area contributed by atoms with Crippen molar-refractivity contribution in [2.75, 3.05) is 7.05 Å². The van der Waals surface area contributed by atoms with E-state index in [9.17, 15) is 5.11 Å². The molecule has 152 valence electrons. The van der Waals surface area contributed by atoms with Gasteiger partial charge in [0.15, 0.2) is 0 Å². The summed E-state index contributed by atoms with van der Waals surface area (Å²) < 4.78 is 6.54. The number of likely N-dealkylation sites (N-methyl/N-ethyl adjacent to an activating group) is 1. The van der Waals surface area contributed by atoms with Crippen molar-refractivity contribution >= 4 is 0 Å². The normalized spacial score (nSPS) is 23.9. The minimum Gasteiger partial charge on any atom is -0.507 e. The maximum atomic E-state index is 11.2. The molecule has 2 aromatic carbocycles. The summed E-state index contributed by atoms with van der Waals surface area (Å²) in [5.74, 6) is 0.360. The Balaban J connectivity index is 2.10. The van der Waals surface area contributed by atoms with Crippen LogP contribution in [0, 0.1) is 0 Å². The van der Waals surface area contributed by atoms with Crippen LogP contribution in [0.4, 0.5) is 0 Å². The van der Waals surface area contributed by atoms with Crippen LogP contribution in [0.1, 0.15) is 83.1 Å². The van der Waals surface area contributed by atoms with E-state index in [4.69, 9.17) is 4.74 Å². The van der Waals surface area contributed by atoms with Crippen LogP contribution in [0.5, 0.6) is 5.75 Å². The summed E-state index contributed by atoms with van der Waals surface area (Å²) in [5, 5.41) is 11.2. The minimum atomic E-state index is -0.274. The van der Waals surface area contributed by atoms with Gasteiger partial charge in [-0.25, -0.2) is 0 Å². The number of nitrogens with zero attached hydrogens (tertiary/aromatic N) is 1. The molecule has 2 aromatic rings. The molecule has 1 fully saturated rings. The lowest BCUT2D eigenvalue weighted by Crippen LogP contribution is -2.28. The van der Waals surface area contributed by atoms with E-state index >= 15 is 0 Å². The molecule has 0 aromatic heterocycles. The quantitative estimate of drug-likeness (QED) is 0.684. The predicted octanol–water partition coefficient (Wildman–Crippen LogP) is 6.08. The number of ether oxygens (including phenoxy) is 1. The monoisotopic (exact) mass is 381 g/mol. The van der Waals surface area contributed by atoms with Crippen LogP contribution in [0.15, 0.2) is 42.5 Å². The molecule has 0 radical (unpaired) electrons. The van der Waals surface area contributed by atoms with Crippen molar-refractivity contribution in [2.45, 2.75) is 77.7 Å². The number of rotatable bonds is 2. The highest BCUT2D eigenvalue weighted by atomic mass is 16.5. The Labute approximate surface area is 170 Å². The van der Waals surface area contributed by atoms with Crippen molar-refractivity contribution in [3.05, 3.63) is 64.7 Å². The van der Waals surface area contributed by atoms with Crippen molar-refractivity contribution in [1.82, 2.24) is 4.90 Å². The van der Waals surface area contributed by atoms with E-state index in [2.05, 4.69) is 84.7 Å². The third-order valence-electron chi connectivity index (χ3n) is 5.93. The zero-order chi connectivity index (χ0) is 20.9. The van der Waals surface area contributed by atoms with Crippen LogP contribution >= 0.6 is 0 Å². The molecule has 0 bridgehead atoms. The summed E-state index contributed by atoms with van der Waals surface area (Å²) in [5.41, 5.74) is 4.07. The topological polar surface area (TPSA) is 32.7 Å². The van der Waals surface area contributed by atoms with E-state index in [-0.39, 0.29) is 29.2 Å². The summed E-state index contributed by atoms with van der Waals surface area (Å²) in [6, 6.07) is 14.9. The van der Waals surface area contributed by atoms with E-state index in [0.717, 1.165) is 11.1 Å². The first-order chi connectivity index (χ1) is 12.9. The van der Waals surface area contributed by atoms with Crippen molar-refractivity contribution < 1.29 is 9.84 Å². The molecular formula is C25H35NO2. The van der Waals surface area contributed by atoms with E-state index in [1.165, 1.54) is 11.1 Å². The first kappa shape index (κ1) is 20.9. The number of aromatic hydroxyl groups is 1. The second-order valence-electron chi connectivity index (χ2n) is 10.2. The largest absolute Gasteiger partial charge is 0.507 e. The minimum absolute atomic E-state index is 0.00985. The first-order valence-electron chi connectivity index (χ1n) is 10.2. The molecule has 0 aliphatic carbocycles. The molecule has 1 heterocycles. The molecule has 0 unspecified atom stereocenters. The smallest absolute Gasteiger partial charge is 0.141 e. The number of benzene rings is 2. The standard InChI is InChI=1S/C25H35NO2/c1-16-22(17-12-10-9-11-13-17)28-23(26(16)8)19-14-18(24(2,3)4)15-20(21(19)27)25(5,6)7/h9-16,22-23,27H,1-8H3/t16-,22+,23-/m0/s1. The lowest BCUT2D eigenvalue weighted by molar-refractivity contribution is 0.00396. The molecule has 0 amide bonds. The molecule has 1 saturated heterocycles. The Morgan fingerprint density at radius 3 is 2.07 bits per heavy atom. The highest BCUT2D eigenvalue weighted by Crippen LogP contribution is 2.47. The van der Waals surface area contributed by atoms with Gasteiger partial charge in [-0.3, -0.25) is 4.90 Å². The molecular weight excluding hydrogens is 346 g/mol. The third kappa shape index (κ3) is 3.83. The number of hydrogen-bond donors (Lipinski definition) is 1. The fourth-order valence-corrected chi connectivity index (χ4v) is 3.92. The van der Waals surface area contributed by atoms with Crippen molar-refractivity contribution in [3.63, 3.8) is 0 Å². The fraction of sp³-hybridized carbons (Fsp3) is 0.520. The van der Waals surface area contributed by atoms with Gasteiger partial charge in [0, 0.05) is 11.6 Å². The Kier molecular flexibility index (Phi) is 5.37. The Hall–Kier alpha value is -1.84. The molecule has 3 nitrogen and oxygen atoms in total. The van der Waals surface area contributed by atoms with E-state index in [1.54, 1.807) is 0 Å². The molecule has 0 saturated carbocycles. The van der Waals surface area contributed by atoms with E-state index in [0.29, 0.717) is 5.75 Å². The maximum absolute atomic E-state index is 11.2. The van der Waals surface area contributed by atoms with Gasteiger partial charge in [0.2, 0.25) is 0 Å². The van der Waals surface area contributed by atoms with Crippen molar-refractivity contribution in [1.29, 1.82) is 0 Å². The number of hydrogen-bond acceptors (Lipinski definition) is 3. The fourth-order valence-electron chi connectivity index (χ4n) is 3.92. The van der Waals surface area contributed by atoms with Crippen LogP contribution in [0.3, 0.4) is 0 Å². The van der Waals surface area contributed by atoms with E-state index in [1.807, 2.05) is 18.2 Å². The first-order valence-corrected chi connectivity index (χ1v) is 10.2. The van der Waals surface area contributed by atoms with Gasteiger partial charge in [0.05, 0.1) is 0 Å². The summed E-state index contributed by atoms with van der Waals surface area (Å²) in [4.78, 5) is 2.23. The lowest BCUT2D eigenvalue weighted by atomic mass is 9.78. The van der Waals surface area contributed by atoms with Crippen LogP contribution < -0.4 is 0 Å². The summed E-state index contributed by atoms with van der Waals surface area (Å²) >= 11 is 0. The molecule has 1 N–H and O–H groups in total. The van der Waals surface area contributed by atoms with Crippen LogP contribution in [0.25, 0.3) is 0 Å². The zero-order valence-electron chi connectivity index (χ0n) is 18.6. The van der Waals surface area contributed by atoms with Gasteiger partial charge < -0.3 is 9.84 Å². The number of phenols is 1. The second-order valence-corrected chi connectivity index (χ2v) is 10.2. The second kappa shape index (κ2) is 7.20. The van der Waals surface area contributed by atoms with Gasteiger partial charge in [-0.2, -0.15) is 0 Å². The SMILES string of the molecule is C[C@H]1[C@H](c2ccccc2)O[C@@H](c2cc(C(C)(C)C)cc(C(C)(C)C)c2O)N1C. The Morgan fingerprint density at radius 2 is 1.54 bits per heavy atom. The van der Waals surface area contributed by atoms with Crippen molar-refractivity contribution in [2.24, 2.45) is 0 Å². The third-order valence-corrected chi connectivity index (χ3v) is 5.93. The van der Waals surface area contributed by atoms with Gasteiger partial charge >= 0.3 is 0 Å². The molecule has 3 rings (SSSR count). The summed E-state index contributed by atoms with van der Waals surface area (Å²) in [7, 11) is 2.08. The van der Waals surface area contributed by atoms with E-state index < -0.39 is 0 Å².